The minimum Gasteiger partial charge on any atom is -0.356 e. The van der Waals surface area contributed by atoms with Crippen LogP contribution in [0, 0.1) is 0 Å². The number of hydrogen-bond donors (Lipinski definition) is 2. The van der Waals surface area contributed by atoms with Crippen molar-refractivity contribution in [2.75, 3.05) is 33.7 Å². The molecule has 116 valence electrons. The third kappa shape index (κ3) is 6.94. The molecule has 0 bridgehead atoms. The lowest BCUT2D eigenvalue weighted by Crippen LogP contribution is -2.42. The summed E-state index contributed by atoms with van der Waals surface area (Å²) in [5.41, 5.74) is 1.61. The molecule has 1 rings (SSSR count). The molecule has 4 heteroatoms. The molecule has 0 saturated heterocycles. The van der Waals surface area contributed by atoms with Crippen LogP contribution in [-0.2, 0) is 0 Å². The van der Waals surface area contributed by atoms with Crippen LogP contribution in [0.5, 0.6) is 0 Å². The number of aliphatic imine (C=N–C) groups is 1. The van der Waals surface area contributed by atoms with Gasteiger partial charge in [-0.15, -0.1) is 0 Å². The molecule has 0 aromatic carbocycles. The van der Waals surface area contributed by atoms with Crippen LogP contribution in [0.25, 0.3) is 0 Å². The summed E-state index contributed by atoms with van der Waals surface area (Å²) in [6.45, 7) is 7.36. The molecule has 4 nitrogen and oxygen atoms in total. The predicted molar refractivity (Wildman–Crippen MR) is 88.3 cm³/mol. The van der Waals surface area contributed by atoms with E-state index in [0.717, 1.165) is 32.0 Å². The van der Waals surface area contributed by atoms with Crippen molar-refractivity contribution in [2.45, 2.75) is 52.0 Å². The van der Waals surface area contributed by atoms with Gasteiger partial charge in [0.15, 0.2) is 5.96 Å². The van der Waals surface area contributed by atoms with Gasteiger partial charge >= 0.3 is 0 Å². The fourth-order valence-electron chi connectivity index (χ4n) is 2.30. The molecule has 20 heavy (non-hydrogen) atoms. The highest BCUT2D eigenvalue weighted by Gasteiger charge is 2.05. The molecule has 0 atom stereocenters. The first-order chi connectivity index (χ1) is 9.63. The maximum atomic E-state index is 4.27. The van der Waals surface area contributed by atoms with E-state index in [1.807, 2.05) is 7.05 Å². The molecule has 0 aliphatic heterocycles. The van der Waals surface area contributed by atoms with Crippen LogP contribution in [-0.4, -0.2) is 50.6 Å². The Morgan fingerprint density at radius 3 is 2.65 bits per heavy atom. The maximum absolute atomic E-state index is 4.27. The van der Waals surface area contributed by atoms with E-state index in [9.17, 15) is 0 Å². The molecular weight excluding hydrogens is 248 g/mol. The van der Waals surface area contributed by atoms with Gasteiger partial charge in [-0.3, -0.25) is 4.99 Å². The molecule has 0 aromatic heterocycles. The Bertz CT molecular complexity index is 320. The van der Waals surface area contributed by atoms with E-state index in [0.29, 0.717) is 6.04 Å². The Balaban J connectivity index is 2.15. The lowest BCUT2D eigenvalue weighted by molar-refractivity contribution is 0.278. The second-order valence-corrected chi connectivity index (χ2v) is 5.86. The summed E-state index contributed by atoms with van der Waals surface area (Å²) in [6.07, 6.45) is 8.84. The average Bonchev–Trinajstić information content (AvgIpc) is 2.46. The van der Waals surface area contributed by atoms with Gasteiger partial charge in [0.05, 0.1) is 0 Å². The van der Waals surface area contributed by atoms with Crippen LogP contribution in [0.4, 0.5) is 0 Å². The van der Waals surface area contributed by atoms with E-state index in [4.69, 9.17) is 0 Å². The number of guanidine groups is 1. The molecule has 0 radical (unpaired) electrons. The van der Waals surface area contributed by atoms with Gasteiger partial charge in [0.1, 0.15) is 0 Å². The SMILES string of the molecule is CN=C(NCCC1=CCCCC1)NCCN(C)C(C)C. The number of hydrogen-bond acceptors (Lipinski definition) is 2. The van der Waals surface area contributed by atoms with E-state index in [2.05, 4.69) is 47.5 Å². The summed E-state index contributed by atoms with van der Waals surface area (Å²) < 4.78 is 0. The van der Waals surface area contributed by atoms with Crippen LogP contribution >= 0.6 is 0 Å². The molecule has 0 spiro atoms. The fraction of sp³-hybridized carbons (Fsp3) is 0.812. The summed E-state index contributed by atoms with van der Waals surface area (Å²) in [5.74, 6) is 0.915. The zero-order chi connectivity index (χ0) is 14.8. The molecule has 0 amide bonds. The number of allylic oxidation sites excluding steroid dienone is 1. The van der Waals surface area contributed by atoms with E-state index >= 15 is 0 Å². The Hall–Kier alpha value is -1.03. The Morgan fingerprint density at radius 1 is 1.30 bits per heavy atom. The zero-order valence-electron chi connectivity index (χ0n) is 13.7. The molecule has 0 unspecified atom stereocenters. The van der Waals surface area contributed by atoms with Crippen molar-refractivity contribution in [3.8, 4) is 0 Å². The maximum Gasteiger partial charge on any atom is 0.191 e. The highest BCUT2D eigenvalue weighted by atomic mass is 15.2. The Labute approximate surface area is 124 Å². The summed E-state index contributed by atoms with van der Waals surface area (Å²) in [4.78, 5) is 6.60. The lowest BCUT2D eigenvalue weighted by atomic mass is 9.97. The van der Waals surface area contributed by atoms with Crippen molar-refractivity contribution in [1.82, 2.24) is 15.5 Å². The van der Waals surface area contributed by atoms with E-state index in [-0.39, 0.29) is 0 Å². The first-order valence-corrected chi connectivity index (χ1v) is 7.96. The summed E-state index contributed by atoms with van der Waals surface area (Å²) in [7, 11) is 3.99. The number of nitrogens with one attached hydrogen (secondary N) is 2. The topological polar surface area (TPSA) is 39.7 Å². The normalized spacial score (nSPS) is 16.5. The molecule has 0 heterocycles. The number of likely N-dealkylation sites (N-methyl/N-ethyl adjacent to an activating group) is 1. The third-order valence-corrected chi connectivity index (χ3v) is 3.99. The van der Waals surface area contributed by atoms with Crippen molar-refractivity contribution in [2.24, 2.45) is 4.99 Å². The summed E-state index contributed by atoms with van der Waals surface area (Å²) in [6, 6.07) is 0.588. The van der Waals surface area contributed by atoms with Crippen LogP contribution in [0.15, 0.2) is 16.6 Å². The van der Waals surface area contributed by atoms with Crippen molar-refractivity contribution >= 4 is 5.96 Å². The number of rotatable bonds is 7. The van der Waals surface area contributed by atoms with Gasteiger partial charge in [0.25, 0.3) is 0 Å². The van der Waals surface area contributed by atoms with E-state index < -0.39 is 0 Å². The molecule has 0 saturated carbocycles. The van der Waals surface area contributed by atoms with Crippen LogP contribution < -0.4 is 10.6 Å². The van der Waals surface area contributed by atoms with Crippen molar-refractivity contribution in [1.29, 1.82) is 0 Å². The third-order valence-electron chi connectivity index (χ3n) is 3.99. The van der Waals surface area contributed by atoms with Crippen molar-refractivity contribution in [3.63, 3.8) is 0 Å². The van der Waals surface area contributed by atoms with Gasteiger partial charge in [0, 0.05) is 32.7 Å². The molecule has 1 aliphatic carbocycles. The fourth-order valence-corrected chi connectivity index (χ4v) is 2.30. The predicted octanol–water partition coefficient (Wildman–Crippen LogP) is 2.38. The standard InChI is InChI=1S/C16H32N4/c1-14(2)20(4)13-12-19-16(17-3)18-11-10-15-8-6-5-7-9-15/h8,14H,5-7,9-13H2,1-4H3,(H2,17,18,19). The quantitative estimate of drug-likeness (QED) is 0.427. The lowest BCUT2D eigenvalue weighted by Gasteiger charge is -2.21. The van der Waals surface area contributed by atoms with Gasteiger partial charge in [-0.1, -0.05) is 11.6 Å². The minimum absolute atomic E-state index is 0.588. The first kappa shape index (κ1) is 17.0. The Kier molecular flexibility index (Phi) is 8.35. The highest BCUT2D eigenvalue weighted by molar-refractivity contribution is 5.79. The largest absolute Gasteiger partial charge is 0.356 e. The summed E-state index contributed by atoms with van der Waals surface area (Å²) >= 11 is 0. The number of nitrogens with zero attached hydrogens (tertiary/aromatic N) is 2. The van der Waals surface area contributed by atoms with Gasteiger partial charge in [0.2, 0.25) is 0 Å². The molecule has 0 aromatic rings. The first-order valence-electron chi connectivity index (χ1n) is 7.96. The Morgan fingerprint density at radius 2 is 2.05 bits per heavy atom. The van der Waals surface area contributed by atoms with Crippen LogP contribution in [0.3, 0.4) is 0 Å². The zero-order valence-corrected chi connectivity index (χ0v) is 13.7. The van der Waals surface area contributed by atoms with Gasteiger partial charge in [-0.2, -0.15) is 0 Å². The van der Waals surface area contributed by atoms with Crippen LogP contribution in [0.2, 0.25) is 0 Å². The summed E-state index contributed by atoms with van der Waals surface area (Å²) in [5, 5.41) is 6.77. The molecule has 0 fully saturated rings. The van der Waals surface area contributed by atoms with Gasteiger partial charge < -0.3 is 15.5 Å². The van der Waals surface area contributed by atoms with E-state index in [1.54, 1.807) is 5.57 Å². The second kappa shape index (κ2) is 9.81. The minimum atomic E-state index is 0.588. The second-order valence-electron chi connectivity index (χ2n) is 5.86. The highest BCUT2D eigenvalue weighted by Crippen LogP contribution is 2.19. The van der Waals surface area contributed by atoms with Crippen LogP contribution in [0.1, 0.15) is 46.0 Å². The monoisotopic (exact) mass is 280 g/mol. The smallest absolute Gasteiger partial charge is 0.191 e. The van der Waals surface area contributed by atoms with Gasteiger partial charge in [-0.05, 0) is 53.0 Å². The molecular formula is C16H32N4. The molecule has 2 N–H and O–H groups in total. The van der Waals surface area contributed by atoms with Crippen molar-refractivity contribution < 1.29 is 0 Å². The van der Waals surface area contributed by atoms with Gasteiger partial charge in [-0.25, -0.2) is 0 Å². The average molecular weight is 280 g/mol. The van der Waals surface area contributed by atoms with Crippen molar-refractivity contribution in [3.05, 3.63) is 11.6 Å². The molecule has 1 aliphatic rings. The van der Waals surface area contributed by atoms with E-state index in [1.165, 1.54) is 25.7 Å².